The summed E-state index contributed by atoms with van der Waals surface area (Å²) in [6.07, 6.45) is 0.780. The Kier molecular flexibility index (Phi) is 6.15. The van der Waals surface area contributed by atoms with Crippen LogP contribution in [0.5, 0.6) is 5.75 Å². The molecule has 0 saturated carbocycles. The molecule has 1 saturated heterocycles. The number of hydrogen-bond donors (Lipinski definition) is 1. The summed E-state index contributed by atoms with van der Waals surface area (Å²) >= 11 is 0. The largest absolute Gasteiger partial charge is 0.482 e. The Morgan fingerprint density at radius 1 is 1.34 bits per heavy atom. The summed E-state index contributed by atoms with van der Waals surface area (Å²) in [5, 5.41) is 13.9. The summed E-state index contributed by atoms with van der Waals surface area (Å²) in [5.74, 6) is -0.525. The van der Waals surface area contributed by atoms with E-state index in [9.17, 15) is 24.5 Å². The minimum Gasteiger partial charge on any atom is -0.482 e. The number of nitrogens with one attached hydrogen (secondary N) is 1. The van der Waals surface area contributed by atoms with Crippen molar-refractivity contribution in [2.75, 3.05) is 37.7 Å². The smallest absolute Gasteiger partial charge is 0.409 e. The van der Waals surface area contributed by atoms with Crippen LogP contribution in [0.15, 0.2) is 18.2 Å². The number of carbonyl (C=O) groups is 3. The van der Waals surface area contributed by atoms with E-state index in [-0.39, 0.29) is 42.6 Å². The van der Waals surface area contributed by atoms with Gasteiger partial charge >= 0.3 is 6.09 Å². The van der Waals surface area contributed by atoms with Crippen molar-refractivity contribution in [2.24, 2.45) is 0 Å². The van der Waals surface area contributed by atoms with Gasteiger partial charge in [-0.1, -0.05) is 0 Å². The molecule has 0 radical (unpaired) electrons. The summed E-state index contributed by atoms with van der Waals surface area (Å²) in [5.41, 5.74) is 0.00141. The number of hydrogen-bond acceptors (Lipinski definition) is 7. The highest BCUT2D eigenvalue weighted by Crippen LogP contribution is 2.35. The van der Waals surface area contributed by atoms with Gasteiger partial charge in [-0.05, 0) is 25.8 Å². The first-order valence-electron chi connectivity index (χ1n) is 9.31. The molecule has 2 aliphatic rings. The maximum absolute atomic E-state index is 12.5. The SMILES string of the molecule is CCOC(=O)N1CCC(NC(=O)CN2C(=O)COc3ccc([N+](=O)[O-])cc32)CC1. The average Bonchev–Trinajstić information content (AvgIpc) is 2.70. The van der Waals surface area contributed by atoms with Crippen molar-refractivity contribution in [1.82, 2.24) is 10.2 Å². The predicted molar refractivity (Wildman–Crippen MR) is 101 cm³/mol. The number of rotatable bonds is 5. The maximum atomic E-state index is 12.5. The third-order valence-electron chi connectivity index (χ3n) is 4.78. The summed E-state index contributed by atoms with van der Waals surface area (Å²) in [7, 11) is 0. The summed E-state index contributed by atoms with van der Waals surface area (Å²) < 4.78 is 10.3. The second-order valence-corrected chi connectivity index (χ2v) is 6.71. The van der Waals surface area contributed by atoms with Gasteiger partial charge in [0.05, 0.1) is 17.2 Å². The van der Waals surface area contributed by atoms with E-state index in [1.54, 1.807) is 11.8 Å². The minimum atomic E-state index is -0.574. The lowest BCUT2D eigenvalue weighted by atomic mass is 10.1. The lowest BCUT2D eigenvalue weighted by Crippen LogP contribution is -2.50. The number of ether oxygens (including phenoxy) is 2. The van der Waals surface area contributed by atoms with Crippen molar-refractivity contribution >= 4 is 29.3 Å². The molecule has 0 bridgehead atoms. The van der Waals surface area contributed by atoms with Crippen LogP contribution in [0.3, 0.4) is 0 Å². The molecular formula is C18H22N4O7. The van der Waals surface area contributed by atoms with E-state index >= 15 is 0 Å². The number of non-ortho nitro benzene ring substituents is 1. The Morgan fingerprint density at radius 3 is 2.72 bits per heavy atom. The second kappa shape index (κ2) is 8.76. The second-order valence-electron chi connectivity index (χ2n) is 6.71. The van der Waals surface area contributed by atoms with Crippen molar-refractivity contribution in [1.29, 1.82) is 0 Å². The highest BCUT2D eigenvalue weighted by molar-refractivity contribution is 6.02. The fraction of sp³-hybridized carbons (Fsp3) is 0.500. The number of nitrogens with zero attached hydrogens (tertiary/aromatic N) is 3. The molecule has 3 rings (SSSR count). The molecule has 1 fully saturated rings. The van der Waals surface area contributed by atoms with Crippen LogP contribution in [0.2, 0.25) is 0 Å². The molecule has 0 atom stereocenters. The first-order valence-corrected chi connectivity index (χ1v) is 9.31. The summed E-state index contributed by atoms with van der Waals surface area (Å²) in [6.45, 7) is 2.47. The molecule has 3 amide bonds. The fourth-order valence-electron chi connectivity index (χ4n) is 3.32. The zero-order valence-electron chi connectivity index (χ0n) is 16.0. The molecule has 11 nitrogen and oxygen atoms in total. The Balaban J connectivity index is 1.60. The van der Waals surface area contributed by atoms with Crippen LogP contribution in [0.1, 0.15) is 19.8 Å². The van der Waals surface area contributed by atoms with Gasteiger partial charge in [0.2, 0.25) is 5.91 Å². The molecule has 1 aromatic rings. The van der Waals surface area contributed by atoms with Gasteiger partial charge in [-0.3, -0.25) is 24.6 Å². The van der Waals surface area contributed by atoms with E-state index in [1.165, 1.54) is 23.1 Å². The topological polar surface area (TPSA) is 131 Å². The quantitative estimate of drug-likeness (QED) is 0.571. The molecule has 1 aromatic carbocycles. The Bertz CT molecular complexity index is 820. The Morgan fingerprint density at radius 2 is 2.07 bits per heavy atom. The molecule has 0 unspecified atom stereocenters. The monoisotopic (exact) mass is 406 g/mol. The number of anilines is 1. The van der Waals surface area contributed by atoms with Gasteiger partial charge in [-0.15, -0.1) is 0 Å². The van der Waals surface area contributed by atoms with Crippen molar-refractivity contribution in [2.45, 2.75) is 25.8 Å². The molecule has 2 aliphatic heterocycles. The number of amides is 3. The zero-order chi connectivity index (χ0) is 21.0. The molecule has 0 spiro atoms. The van der Waals surface area contributed by atoms with Gasteiger partial charge < -0.3 is 19.7 Å². The standard InChI is InChI=1S/C18H22N4O7/c1-2-28-18(25)20-7-5-12(6-8-20)19-16(23)10-21-14-9-13(22(26)27)3-4-15(14)29-11-17(21)24/h3-4,9,12H,2,5-8,10-11H2,1H3,(H,19,23). The van der Waals surface area contributed by atoms with Crippen molar-refractivity contribution in [3.05, 3.63) is 28.3 Å². The first-order chi connectivity index (χ1) is 13.9. The number of piperidine rings is 1. The van der Waals surface area contributed by atoms with E-state index in [1.807, 2.05) is 0 Å². The molecule has 29 heavy (non-hydrogen) atoms. The number of benzene rings is 1. The summed E-state index contributed by atoms with van der Waals surface area (Å²) in [6, 6.07) is 3.78. The van der Waals surface area contributed by atoms with E-state index in [2.05, 4.69) is 5.32 Å². The number of likely N-dealkylation sites (tertiary alicyclic amines) is 1. The number of nitro benzene ring substituents is 1. The molecule has 0 aliphatic carbocycles. The van der Waals surface area contributed by atoms with Crippen LogP contribution in [0.4, 0.5) is 16.2 Å². The van der Waals surface area contributed by atoms with Crippen molar-refractivity contribution in [3.63, 3.8) is 0 Å². The molecule has 11 heteroatoms. The van der Waals surface area contributed by atoms with Gasteiger partial charge in [-0.2, -0.15) is 0 Å². The highest BCUT2D eigenvalue weighted by Gasteiger charge is 2.30. The zero-order valence-corrected chi connectivity index (χ0v) is 16.0. The van der Waals surface area contributed by atoms with Crippen molar-refractivity contribution < 1.29 is 28.8 Å². The number of carbonyl (C=O) groups excluding carboxylic acids is 3. The molecular weight excluding hydrogens is 384 g/mol. The molecule has 156 valence electrons. The summed E-state index contributed by atoms with van der Waals surface area (Å²) in [4.78, 5) is 49.7. The first kappa shape index (κ1) is 20.4. The van der Waals surface area contributed by atoms with Crippen LogP contribution in [0.25, 0.3) is 0 Å². The Labute approximate surface area is 166 Å². The molecule has 0 aromatic heterocycles. The van der Waals surface area contributed by atoms with Crippen LogP contribution >= 0.6 is 0 Å². The lowest BCUT2D eigenvalue weighted by molar-refractivity contribution is -0.384. The van der Waals surface area contributed by atoms with Gasteiger partial charge in [0.15, 0.2) is 6.61 Å². The highest BCUT2D eigenvalue weighted by atomic mass is 16.6. The third-order valence-corrected chi connectivity index (χ3v) is 4.78. The molecule has 1 N–H and O–H groups in total. The van der Waals surface area contributed by atoms with Crippen LogP contribution in [-0.4, -0.2) is 66.6 Å². The van der Waals surface area contributed by atoms with Gasteiger partial charge in [-0.25, -0.2) is 4.79 Å². The number of fused-ring (bicyclic) bond motifs is 1. The predicted octanol–water partition coefficient (Wildman–Crippen LogP) is 1.06. The van der Waals surface area contributed by atoms with Crippen LogP contribution in [-0.2, 0) is 14.3 Å². The van der Waals surface area contributed by atoms with Gasteiger partial charge in [0.1, 0.15) is 12.3 Å². The number of nitro groups is 1. The fourth-order valence-corrected chi connectivity index (χ4v) is 3.32. The normalized spacial score (nSPS) is 16.7. The Hall–Kier alpha value is -3.37. The van der Waals surface area contributed by atoms with Crippen molar-refractivity contribution in [3.8, 4) is 5.75 Å². The third kappa shape index (κ3) is 4.73. The maximum Gasteiger partial charge on any atom is 0.409 e. The molecule has 2 heterocycles. The van der Waals surface area contributed by atoms with Gasteiger partial charge in [0, 0.05) is 31.3 Å². The van der Waals surface area contributed by atoms with Crippen LogP contribution < -0.4 is 15.0 Å². The van der Waals surface area contributed by atoms with E-state index < -0.39 is 10.8 Å². The van der Waals surface area contributed by atoms with Crippen LogP contribution in [0, 0.1) is 10.1 Å². The van der Waals surface area contributed by atoms with Gasteiger partial charge in [0.25, 0.3) is 11.6 Å². The lowest BCUT2D eigenvalue weighted by Gasteiger charge is -2.33. The average molecular weight is 406 g/mol. The van der Waals surface area contributed by atoms with E-state index in [4.69, 9.17) is 9.47 Å². The van der Waals surface area contributed by atoms with E-state index in [0.717, 1.165) is 0 Å². The van der Waals surface area contributed by atoms with E-state index in [0.29, 0.717) is 38.3 Å². The minimum absolute atomic E-state index is 0.131.